The second kappa shape index (κ2) is 6.02. The first-order chi connectivity index (χ1) is 6.58. The third kappa shape index (κ3) is 5.92. The van der Waals surface area contributed by atoms with Crippen LogP contribution < -0.4 is 5.32 Å². The third-order valence-electron chi connectivity index (χ3n) is 2.66. The van der Waals surface area contributed by atoms with Gasteiger partial charge < -0.3 is 5.32 Å². The highest BCUT2D eigenvalue weighted by molar-refractivity contribution is 7.99. The Balaban J connectivity index is 1.97. The first-order valence-corrected chi connectivity index (χ1v) is 6.99. The SMILES string of the molecule is CC(C)(C)NCCSC1CCCCC1. The van der Waals surface area contributed by atoms with Gasteiger partial charge in [0.25, 0.3) is 0 Å². The largest absolute Gasteiger partial charge is 0.311 e. The summed E-state index contributed by atoms with van der Waals surface area (Å²) in [5.41, 5.74) is 0.285. The van der Waals surface area contributed by atoms with Gasteiger partial charge in [0.1, 0.15) is 0 Å². The van der Waals surface area contributed by atoms with Gasteiger partial charge in [0.2, 0.25) is 0 Å². The molecule has 0 aromatic heterocycles. The summed E-state index contributed by atoms with van der Waals surface area (Å²) in [4.78, 5) is 0. The molecule has 0 saturated heterocycles. The standard InChI is InChI=1S/C12H25NS/c1-12(2,3)13-9-10-14-11-7-5-4-6-8-11/h11,13H,4-10H2,1-3H3. The summed E-state index contributed by atoms with van der Waals surface area (Å²) in [6.07, 6.45) is 7.31. The summed E-state index contributed by atoms with van der Waals surface area (Å²) in [5.74, 6) is 1.28. The number of nitrogens with one attached hydrogen (secondary N) is 1. The quantitative estimate of drug-likeness (QED) is 0.721. The van der Waals surface area contributed by atoms with E-state index in [9.17, 15) is 0 Å². The van der Waals surface area contributed by atoms with E-state index < -0.39 is 0 Å². The lowest BCUT2D eigenvalue weighted by Gasteiger charge is -2.23. The Bertz CT molecular complexity index is 145. The molecule has 14 heavy (non-hydrogen) atoms. The molecule has 0 aromatic carbocycles. The van der Waals surface area contributed by atoms with Crippen LogP contribution in [0.25, 0.3) is 0 Å². The molecular formula is C12H25NS. The van der Waals surface area contributed by atoms with Crippen molar-refractivity contribution in [2.24, 2.45) is 0 Å². The maximum absolute atomic E-state index is 3.54. The van der Waals surface area contributed by atoms with E-state index in [1.807, 2.05) is 0 Å². The van der Waals surface area contributed by atoms with Crippen LogP contribution in [0.5, 0.6) is 0 Å². The van der Waals surface area contributed by atoms with Gasteiger partial charge >= 0.3 is 0 Å². The lowest BCUT2D eigenvalue weighted by atomic mass is 10.0. The van der Waals surface area contributed by atoms with Crippen molar-refractivity contribution in [3.63, 3.8) is 0 Å². The minimum Gasteiger partial charge on any atom is -0.311 e. The molecule has 0 atom stereocenters. The number of thioether (sulfide) groups is 1. The van der Waals surface area contributed by atoms with Crippen molar-refractivity contribution in [2.45, 2.75) is 63.7 Å². The van der Waals surface area contributed by atoms with Crippen LogP contribution in [-0.2, 0) is 0 Å². The van der Waals surface area contributed by atoms with Crippen molar-refractivity contribution in [3.05, 3.63) is 0 Å². The Hall–Kier alpha value is 0.310. The molecule has 84 valence electrons. The molecule has 0 amide bonds. The normalized spacial score (nSPS) is 19.9. The van der Waals surface area contributed by atoms with Gasteiger partial charge in [-0.3, -0.25) is 0 Å². The average molecular weight is 215 g/mol. The van der Waals surface area contributed by atoms with Gasteiger partial charge in [-0.15, -0.1) is 0 Å². The Morgan fingerprint density at radius 3 is 2.36 bits per heavy atom. The molecule has 1 saturated carbocycles. The first-order valence-electron chi connectivity index (χ1n) is 5.94. The summed E-state index contributed by atoms with van der Waals surface area (Å²) in [7, 11) is 0. The van der Waals surface area contributed by atoms with E-state index in [0.717, 1.165) is 11.8 Å². The van der Waals surface area contributed by atoms with Crippen molar-refractivity contribution >= 4 is 11.8 Å². The molecule has 0 heterocycles. The van der Waals surface area contributed by atoms with Crippen molar-refractivity contribution < 1.29 is 0 Å². The fourth-order valence-electron chi connectivity index (χ4n) is 1.88. The van der Waals surface area contributed by atoms with Gasteiger partial charge in [-0.1, -0.05) is 19.3 Å². The molecule has 1 aliphatic carbocycles. The smallest absolute Gasteiger partial charge is 0.00968 e. The second-order valence-corrected chi connectivity index (χ2v) is 6.72. The fourth-order valence-corrected chi connectivity index (χ4v) is 3.10. The Labute approximate surface area is 93.4 Å². The summed E-state index contributed by atoms with van der Waals surface area (Å²) in [6, 6.07) is 0. The summed E-state index contributed by atoms with van der Waals surface area (Å²) in [5, 5.41) is 4.50. The van der Waals surface area contributed by atoms with Gasteiger partial charge in [0.05, 0.1) is 0 Å². The molecule has 1 aliphatic rings. The molecule has 0 unspecified atom stereocenters. The van der Waals surface area contributed by atoms with Crippen LogP contribution in [0.1, 0.15) is 52.9 Å². The maximum Gasteiger partial charge on any atom is 0.00968 e. The molecule has 1 nitrogen and oxygen atoms in total. The lowest BCUT2D eigenvalue weighted by Crippen LogP contribution is -2.37. The number of hydrogen-bond donors (Lipinski definition) is 1. The second-order valence-electron chi connectivity index (χ2n) is 5.31. The molecule has 0 aliphatic heterocycles. The minimum atomic E-state index is 0.285. The van der Waals surface area contributed by atoms with Crippen LogP contribution in [0.4, 0.5) is 0 Å². The fraction of sp³-hybridized carbons (Fsp3) is 1.00. The van der Waals surface area contributed by atoms with Gasteiger partial charge in [0, 0.05) is 23.1 Å². The monoisotopic (exact) mass is 215 g/mol. The van der Waals surface area contributed by atoms with Crippen LogP contribution in [0, 0.1) is 0 Å². The molecule has 0 bridgehead atoms. The minimum absolute atomic E-state index is 0.285. The Morgan fingerprint density at radius 1 is 1.14 bits per heavy atom. The molecule has 0 spiro atoms. The predicted molar refractivity (Wildman–Crippen MR) is 67.1 cm³/mol. The molecule has 2 heteroatoms. The van der Waals surface area contributed by atoms with Crippen LogP contribution in [0.2, 0.25) is 0 Å². The van der Waals surface area contributed by atoms with E-state index >= 15 is 0 Å². The number of hydrogen-bond acceptors (Lipinski definition) is 2. The summed E-state index contributed by atoms with van der Waals surface area (Å²) < 4.78 is 0. The third-order valence-corrected chi connectivity index (χ3v) is 4.05. The van der Waals surface area contributed by atoms with E-state index in [2.05, 4.69) is 37.8 Å². The molecule has 0 aromatic rings. The highest BCUT2D eigenvalue weighted by Crippen LogP contribution is 2.27. The van der Waals surface area contributed by atoms with Crippen LogP contribution in [0.3, 0.4) is 0 Å². The van der Waals surface area contributed by atoms with Crippen LogP contribution in [0.15, 0.2) is 0 Å². The van der Waals surface area contributed by atoms with Gasteiger partial charge in [-0.25, -0.2) is 0 Å². The predicted octanol–water partition coefficient (Wildman–Crippen LogP) is 3.44. The molecule has 0 radical (unpaired) electrons. The molecule has 1 N–H and O–H groups in total. The van der Waals surface area contributed by atoms with Crippen molar-refractivity contribution in [1.82, 2.24) is 5.32 Å². The zero-order valence-electron chi connectivity index (χ0n) is 9.94. The first kappa shape index (κ1) is 12.4. The van der Waals surface area contributed by atoms with Crippen LogP contribution >= 0.6 is 11.8 Å². The van der Waals surface area contributed by atoms with Crippen molar-refractivity contribution in [3.8, 4) is 0 Å². The van der Waals surface area contributed by atoms with E-state index in [1.54, 1.807) is 0 Å². The highest BCUT2D eigenvalue weighted by atomic mass is 32.2. The van der Waals surface area contributed by atoms with E-state index in [-0.39, 0.29) is 5.54 Å². The number of rotatable bonds is 4. The lowest BCUT2D eigenvalue weighted by molar-refractivity contribution is 0.440. The van der Waals surface area contributed by atoms with Gasteiger partial charge in [-0.05, 0) is 33.6 Å². The van der Waals surface area contributed by atoms with E-state index in [4.69, 9.17) is 0 Å². The zero-order chi connectivity index (χ0) is 10.4. The summed E-state index contributed by atoms with van der Waals surface area (Å²) >= 11 is 2.18. The maximum atomic E-state index is 3.54. The molecule has 1 fully saturated rings. The summed E-state index contributed by atoms with van der Waals surface area (Å²) in [6.45, 7) is 7.86. The topological polar surface area (TPSA) is 12.0 Å². The van der Waals surface area contributed by atoms with E-state index in [0.29, 0.717) is 0 Å². The average Bonchev–Trinajstić information content (AvgIpc) is 2.13. The molecule has 1 rings (SSSR count). The van der Waals surface area contributed by atoms with E-state index in [1.165, 1.54) is 37.9 Å². The highest BCUT2D eigenvalue weighted by Gasteiger charge is 2.14. The Kier molecular flexibility index (Phi) is 5.32. The van der Waals surface area contributed by atoms with Crippen molar-refractivity contribution in [2.75, 3.05) is 12.3 Å². The molecular weight excluding hydrogens is 190 g/mol. The van der Waals surface area contributed by atoms with Crippen LogP contribution in [-0.4, -0.2) is 23.1 Å². The van der Waals surface area contributed by atoms with Gasteiger partial charge in [-0.2, -0.15) is 11.8 Å². The Morgan fingerprint density at radius 2 is 1.79 bits per heavy atom. The zero-order valence-corrected chi connectivity index (χ0v) is 10.8. The van der Waals surface area contributed by atoms with Gasteiger partial charge in [0.15, 0.2) is 0 Å². The van der Waals surface area contributed by atoms with Crippen molar-refractivity contribution in [1.29, 1.82) is 0 Å².